The molecule has 0 spiro atoms. The van der Waals surface area contributed by atoms with E-state index in [0.717, 1.165) is 0 Å². The maximum atomic E-state index is 11.7. The fraction of sp³-hybridized carbons (Fsp3) is 1.00. The van der Waals surface area contributed by atoms with E-state index in [9.17, 15) is 4.57 Å². The van der Waals surface area contributed by atoms with Crippen molar-refractivity contribution in [3.63, 3.8) is 0 Å². The van der Waals surface area contributed by atoms with Crippen LogP contribution < -0.4 is 0 Å². The molecule has 0 aromatic heterocycles. The summed E-state index contributed by atoms with van der Waals surface area (Å²) in [6.07, 6.45) is 0. The van der Waals surface area contributed by atoms with E-state index in [-0.39, 0.29) is 20.0 Å². The number of phosphoric ester groups is 1. The summed E-state index contributed by atoms with van der Waals surface area (Å²) >= 11 is 0. The van der Waals surface area contributed by atoms with Crippen LogP contribution >= 0.6 is 7.82 Å². The lowest BCUT2D eigenvalue weighted by molar-refractivity contribution is -0.372. The first-order valence-corrected chi connectivity index (χ1v) is 6.63. The van der Waals surface area contributed by atoms with Crippen molar-refractivity contribution in [2.45, 2.75) is 40.2 Å². The normalized spacial score (nSPS) is 13.1. The molecule has 0 unspecified atom stereocenters. The molecule has 0 fully saturated rings. The second-order valence-corrected chi connectivity index (χ2v) is 5.51. The topological polar surface area (TPSA) is 63.2 Å². The SMILES string of the molecule is CCOP(=O)(OCC)OCOOC(C)(C)C. The van der Waals surface area contributed by atoms with E-state index in [1.54, 1.807) is 13.8 Å². The van der Waals surface area contributed by atoms with Gasteiger partial charge >= 0.3 is 7.82 Å². The molecular formula is C9H21O6P. The fourth-order valence-electron chi connectivity index (χ4n) is 0.715. The van der Waals surface area contributed by atoms with Crippen molar-refractivity contribution in [3.05, 3.63) is 0 Å². The van der Waals surface area contributed by atoms with Gasteiger partial charge in [-0.1, -0.05) is 0 Å². The molecule has 98 valence electrons. The average molecular weight is 256 g/mol. The van der Waals surface area contributed by atoms with Crippen molar-refractivity contribution in [2.24, 2.45) is 0 Å². The summed E-state index contributed by atoms with van der Waals surface area (Å²) in [6, 6.07) is 0. The quantitative estimate of drug-likeness (QED) is 0.219. The van der Waals surface area contributed by atoms with Gasteiger partial charge in [0, 0.05) is 0 Å². The van der Waals surface area contributed by atoms with Gasteiger partial charge in [-0.3, -0.25) is 13.6 Å². The second-order valence-electron chi connectivity index (χ2n) is 3.84. The molecule has 6 nitrogen and oxygen atoms in total. The largest absolute Gasteiger partial charge is 0.476 e. The molecule has 0 aliphatic rings. The number of hydrogen-bond acceptors (Lipinski definition) is 6. The van der Waals surface area contributed by atoms with Gasteiger partial charge in [0.15, 0.2) is 6.79 Å². The minimum Gasteiger partial charge on any atom is -0.287 e. The summed E-state index contributed by atoms with van der Waals surface area (Å²) in [5.41, 5.74) is -0.454. The third-order valence-electron chi connectivity index (χ3n) is 1.14. The molecule has 0 aliphatic heterocycles. The van der Waals surface area contributed by atoms with Crippen LogP contribution in [0, 0.1) is 0 Å². The monoisotopic (exact) mass is 256 g/mol. The van der Waals surface area contributed by atoms with Crippen LogP contribution in [0.5, 0.6) is 0 Å². The highest BCUT2D eigenvalue weighted by Gasteiger charge is 2.25. The summed E-state index contributed by atoms with van der Waals surface area (Å²) in [6.45, 7) is 9.00. The summed E-state index contributed by atoms with van der Waals surface area (Å²) < 4.78 is 26.4. The maximum Gasteiger partial charge on any atom is 0.476 e. The van der Waals surface area contributed by atoms with Gasteiger partial charge in [0.25, 0.3) is 0 Å². The maximum absolute atomic E-state index is 11.7. The molecule has 0 aliphatic carbocycles. The van der Waals surface area contributed by atoms with Gasteiger partial charge in [0.05, 0.1) is 18.8 Å². The predicted octanol–water partition coefficient (Wildman–Crippen LogP) is 2.89. The molecule has 0 radical (unpaired) electrons. The van der Waals surface area contributed by atoms with E-state index in [0.29, 0.717) is 0 Å². The Kier molecular flexibility index (Phi) is 7.39. The van der Waals surface area contributed by atoms with Crippen molar-refractivity contribution < 1.29 is 27.9 Å². The van der Waals surface area contributed by atoms with E-state index >= 15 is 0 Å². The third-order valence-corrected chi connectivity index (χ3v) is 2.71. The lowest BCUT2D eigenvalue weighted by Gasteiger charge is -2.19. The Balaban J connectivity index is 3.90. The van der Waals surface area contributed by atoms with Crippen LogP contribution in [0.2, 0.25) is 0 Å². The Morgan fingerprint density at radius 2 is 1.50 bits per heavy atom. The van der Waals surface area contributed by atoms with Crippen molar-refractivity contribution >= 4 is 7.82 Å². The van der Waals surface area contributed by atoms with Crippen LogP contribution in [0.3, 0.4) is 0 Å². The molecule has 0 amide bonds. The first kappa shape index (κ1) is 16.0. The molecule has 0 bridgehead atoms. The van der Waals surface area contributed by atoms with Crippen molar-refractivity contribution in [1.29, 1.82) is 0 Å². The fourth-order valence-corrected chi connectivity index (χ4v) is 1.74. The van der Waals surface area contributed by atoms with E-state index < -0.39 is 13.4 Å². The Bertz CT molecular complexity index is 215. The molecule has 7 heteroatoms. The van der Waals surface area contributed by atoms with Crippen LogP contribution in [0.25, 0.3) is 0 Å². The lowest BCUT2D eigenvalue weighted by Crippen LogP contribution is -2.20. The first-order chi connectivity index (χ1) is 7.33. The van der Waals surface area contributed by atoms with Crippen LogP contribution in [-0.4, -0.2) is 25.6 Å². The van der Waals surface area contributed by atoms with Gasteiger partial charge in [0.2, 0.25) is 0 Å². The highest BCUT2D eigenvalue weighted by Crippen LogP contribution is 2.49. The third kappa shape index (κ3) is 8.21. The Hall–Kier alpha value is 0.0300. The van der Waals surface area contributed by atoms with Gasteiger partial charge in [-0.15, -0.1) is 0 Å². The Morgan fingerprint density at radius 3 is 1.88 bits per heavy atom. The molecule has 0 aromatic carbocycles. The summed E-state index contributed by atoms with van der Waals surface area (Å²) in [7, 11) is -3.51. The Labute approximate surface area is 96.7 Å². The molecule has 0 saturated carbocycles. The second kappa shape index (κ2) is 7.37. The van der Waals surface area contributed by atoms with Crippen molar-refractivity contribution in [2.75, 3.05) is 20.0 Å². The molecule has 16 heavy (non-hydrogen) atoms. The van der Waals surface area contributed by atoms with Crippen molar-refractivity contribution in [3.8, 4) is 0 Å². The zero-order valence-electron chi connectivity index (χ0n) is 10.5. The summed E-state index contributed by atoms with van der Waals surface area (Å²) in [5, 5.41) is 0. The number of hydrogen-bond donors (Lipinski definition) is 0. The molecule has 0 atom stereocenters. The predicted molar refractivity (Wildman–Crippen MR) is 58.7 cm³/mol. The summed E-state index contributed by atoms with van der Waals surface area (Å²) in [4.78, 5) is 9.66. The highest BCUT2D eigenvalue weighted by atomic mass is 31.2. The zero-order valence-corrected chi connectivity index (χ0v) is 11.4. The van der Waals surface area contributed by atoms with Crippen LogP contribution in [0.4, 0.5) is 0 Å². The van der Waals surface area contributed by atoms with E-state index in [2.05, 4.69) is 0 Å². The zero-order chi connectivity index (χ0) is 12.7. The smallest absolute Gasteiger partial charge is 0.287 e. The van der Waals surface area contributed by atoms with Gasteiger partial charge < -0.3 is 0 Å². The van der Waals surface area contributed by atoms with Gasteiger partial charge in [0.1, 0.15) is 0 Å². The number of rotatable bonds is 8. The molecular weight excluding hydrogens is 235 g/mol. The van der Waals surface area contributed by atoms with Crippen LogP contribution in [0.15, 0.2) is 0 Å². The van der Waals surface area contributed by atoms with E-state index in [1.165, 1.54) is 0 Å². The van der Waals surface area contributed by atoms with Crippen molar-refractivity contribution in [1.82, 2.24) is 0 Å². The molecule has 0 aromatic rings. The van der Waals surface area contributed by atoms with Crippen LogP contribution in [0.1, 0.15) is 34.6 Å². The van der Waals surface area contributed by atoms with Gasteiger partial charge in [-0.25, -0.2) is 14.3 Å². The minimum absolute atomic E-state index is 0.234. The highest BCUT2D eigenvalue weighted by molar-refractivity contribution is 7.48. The summed E-state index contributed by atoms with van der Waals surface area (Å²) in [5.74, 6) is 0. The first-order valence-electron chi connectivity index (χ1n) is 5.17. The van der Waals surface area contributed by atoms with E-state index in [4.69, 9.17) is 23.3 Å². The van der Waals surface area contributed by atoms with Crippen LogP contribution in [-0.2, 0) is 27.9 Å². The molecule has 0 saturated heterocycles. The van der Waals surface area contributed by atoms with Gasteiger partial charge in [-0.2, -0.15) is 0 Å². The molecule has 0 rings (SSSR count). The standard InChI is InChI=1S/C9H21O6P/c1-6-12-16(10,13-7-2)14-8-11-15-9(3,4)5/h6-8H2,1-5H3. The van der Waals surface area contributed by atoms with Gasteiger partial charge in [-0.05, 0) is 34.6 Å². The average Bonchev–Trinajstić information content (AvgIpc) is 2.12. The van der Waals surface area contributed by atoms with E-state index in [1.807, 2.05) is 20.8 Å². The molecule has 0 N–H and O–H groups in total. The Morgan fingerprint density at radius 1 is 1.00 bits per heavy atom. The minimum atomic E-state index is -3.51. The molecule has 0 heterocycles. The lowest BCUT2D eigenvalue weighted by atomic mass is 10.2. The number of phosphoric acid groups is 1.